The highest BCUT2D eigenvalue weighted by molar-refractivity contribution is 7.90. The van der Waals surface area contributed by atoms with Crippen LogP contribution in [0.5, 0.6) is 5.88 Å². The number of nitrogens with zero attached hydrogens (tertiary/aromatic N) is 1. The zero-order valence-corrected chi connectivity index (χ0v) is 20.1. The van der Waals surface area contributed by atoms with Crippen LogP contribution in [-0.2, 0) is 14.8 Å². The van der Waals surface area contributed by atoms with Gasteiger partial charge in [0.1, 0.15) is 0 Å². The van der Waals surface area contributed by atoms with Crippen LogP contribution in [0.3, 0.4) is 0 Å². The molecule has 0 spiro atoms. The molecular formula is C23H28N4O7S. The van der Waals surface area contributed by atoms with Crippen molar-refractivity contribution in [3.63, 3.8) is 0 Å². The fourth-order valence-corrected chi connectivity index (χ4v) is 4.48. The molecule has 0 bridgehead atoms. The maximum atomic E-state index is 12.6. The van der Waals surface area contributed by atoms with Crippen LogP contribution >= 0.6 is 0 Å². The van der Waals surface area contributed by atoms with Crippen molar-refractivity contribution in [2.45, 2.75) is 43.0 Å². The number of ether oxygens (including phenoxy) is 2. The fourth-order valence-electron chi connectivity index (χ4n) is 3.50. The Morgan fingerprint density at radius 2 is 1.66 bits per heavy atom. The number of carbonyl (C=O) groups excluding carboxylic acids is 3. The van der Waals surface area contributed by atoms with Gasteiger partial charge < -0.3 is 20.1 Å². The Bertz CT molecular complexity index is 1130. The number of nitrogens with one attached hydrogen (secondary N) is 3. The molecule has 1 heterocycles. The minimum atomic E-state index is -4.19. The van der Waals surface area contributed by atoms with Gasteiger partial charge in [0.15, 0.2) is 0 Å². The van der Waals surface area contributed by atoms with Gasteiger partial charge >= 0.3 is 6.09 Å². The van der Waals surface area contributed by atoms with Crippen LogP contribution in [0, 0.1) is 0 Å². The molecule has 12 heteroatoms. The van der Waals surface area contributed by atoms with E-state index in [0.29, 0.717) is 12.2 Å². The normalized spacial score (nSPS) is 14.1. The molecule has 3 rings (SSSR count). The molecule has 1 aromatic heterocycles. The van der Waals surface area contributed by atoms with Gasteiger partial charge in [0.25, 0.3) is 21.8 Å². The molecule has 0 saturated heterocycles. The average molecular weight is 505 g/mol. The van der Waals surface area contributed by atoms with Gasteiger partial charge in [-0.1, -0.05) is 19.3 Å². The molecule has 188 valence electrons. The average Bonchev–Trinajstić information content (AvgIpc) is 2.85. The van der Waals surface area contributed by atoms with E-state index in [0.717, 1.165) is 31.9 Å². The van der Waals surface area contributed by atoms with Gasteiger partial charge in [-0.05, 0) is 43.2 Å². The highest BCUT2D eigenvalue weighted by Crippen LogP contribution is 2.18. The molecule has 1 aliphatic carbocycles. The molecule has 0 radical (unpaired) electrons. The van der Waals surface area contributed by atoms with Crippen LogP contribution in [0.1, 0.15) is 52.8 Å². The van der Waals surface area contributed by atoms with Crippen molar-refractivity contribution in [1.29, 1.82) is 0 Å². The summed E-state index contributed by atoms with van der Waals surface area (Å²) in [6.07, 6.45) is 5.55. The van der Waals surface area contributed by atoms with Crippen LogP contribution < -0.4 is 20.1 Å². The van der Waals surface area contributed by atoms with Crippen molar-refractivity contribution in [2.75, 3.05) is 20.3 Å². The Morgan fingerprint density at radius 3 is 2.29 bits per heavy atom. The maximum Gasteiger partial charge on any atom is 0.414 e. The third kappa shape index (κ3) is 7.76. The first-order chi connectivity index (χ1) is 16.8. The highest BCUT2D eigenvalue weighted by Gasteiger charge is 2.21. The fraction of sp³-hybridized carbons (Fsp3) is 0.391. The first-order valence-corrected chi connectivity index (χ1v) is 12.7. The number of pyridine rings is 1. The molecule has 1 aromatic carbocycles. The Morgan fingerprint density at radius 1 is 0.971 bits per heavy atom. The number of benzene rings is 1. The standard InChI is InChI=1S/C23H28N4O7S/c1-33-14-13-24-23(30)34-20-12-9-17(15-25-20)22(29)27-35(31,32)19-10-7-16(8-11-19)21(28)26-18-5-3-2-4-6-18/h7-12,15,18H,2-6,13-14H2,1H3,(H,24,30)(H,26,28)(H,27,29). The summed E-state index contributed by atoms with van der Waals surface area (Å²) in [6, 6.07) is 8.01. The van der Waals surface area contributed by atoms with E-state index in [1.54, 1.807) is 0 Å². The lowest BCUT2D eigenvalue weighted by atomic mass is 9.95. The first kappa shape index (κ1) is 26.1. The summed E-state index contributed by atoms with van der Waals surface area (Å²) < 4.78 is 36.9. The van der Waals surface area contributed by atoms with Crippen LogP contribution in [0.2, 0.25) is 0 Å². The van der Waals surface area contributed by atoms with E-state index >= 15 is 0 Å². The van der Waals surface area contributed by atoms with E-state index in [1.165, 1.54) is 49.9 Å². The summed E-state index contributed by atoms with van der Waals surface area (Å²) in [6.45, 7) is 0.562. The molecule has 2 aromatic rings. The first-order valence-electron chi connectivity index (χ1n) is 11.2. The molecule has 11 nitrogen and oxygen atoms in total. The van der Waals surface area contributed by atoms with Crippen molar-refractivity contribution in [1.82, 2.24) is 20.3 Å². The minimum Gasteiger partial charge on any atom is -0.391 e. The maximum absolute atomic E-state index is 12.6. The molecule has 0 atom stereocenters. The lowest BCUT2D eigenvalue weighted by Crippen LogP contribution is -2.36. The van der Waals surface area contributed by atoms with Crippen molar-refractivity contribution in [3.05, 3.63) is 53.7 Å². The molecule has 1 fully saturated rings. The van der Waals surface area contributed by atoms with Gasteiger partial charge in [-0.15, -0.1) is 0 Å². The summed E-state index contributed by atoms with van der Waals surface area (Å²) in [5.74, 6) is -1.24. The molecule has 3 amide bonds. The Labute approximate surface area is 203 Å². The second-order valence-electron chi connectivity index (χ2n) is 7.96. The lowest BCUT2D eigenvalue weighted by molar-refractivity contribution is 0.0926. The third-order valence-corrected chi connectivity index (χ3v) is 6.71. The van der Waals surface area contributed by atoms with Gasteiger partial charge in [-0.2, -0.15) is 0 Å². The molecule has 1 saturated carbocycles. The number of methoxy groups -OCH3 is 1. The van der Waals surface area contributed by atoms with Crippen LogP contribution in [0.25, 0.3) is 0 Å². The predicted octanol–water partition coefficient (Wildman–Crippen LogP) is 2.00. The van der Waals surface area contributed by atoms with Crippen molar-refractivity contribution >= 4 is 27.9 Å². The summed E-state index contributed by atoms with van der Waals surface area (Å²) >= 11 is 0. The van der Waals surface area contributed by atoms with E-state index in [2.05, 4.69) is 15.6 Å². The van der Waals surface area contributed by atoms with Gasteiger partial charge in [-0.3, -0.25) is 9.59 Å². The second-order valence-corrected chi connectivity index (χ2v) is 9.64. The number of aromatic nitrogens is 1. The van der Waals surface area contributed by atoms with E-state index < -0.39 is 22.0 Å². The van der Waals surface area contributed by atoms with Gasteiger partial charge in [0, 0.05) is 37.5 Å². The monoisotopic (exact) mass is 504 g/mol. The summed E-state index contributed by atoms with van der Waals surface area (Å²) in [4.78, 5) is 40.1. The molecule has 0 aliphatic heterocycles. The summed E-state index contributed by atoms with van der Waals surface area (Å²) in [5.41, 5.74) is 0.288. The number of carbonyl (C=O) groups is 3. The summed E-state index contributed by atoms with van der Waals surface area (Å²) in [7, 11) is -2.69. The number of hydrogen-bond donors (Lipinski definition) is 3. The third-order valence-electron chi connectivity index (χ3n) is 5.37. The van der Waals surface area contributed by atoms with Crippen molar-refractivity contribution in [2.24, 2.45) is 0 Å². The lowest BCUT2D eigenvalue weighted by Gasteiger charge is -2.22. The molecule has 3 N–H and O–H groups in total. The SMILES string of the molecule is COCCNC(=O)Oc1ccc(C(=O)NS(=O)(=O)c2ccc(C(=O)NC3CCCCC3)cc2)cn1. The van der Waals surface area contributed by atoms with E-state index in [1.807, 2.05) is 4.72 Å². The zero-order chi connectivity index (χ0) is 25.3. The van der Waals surface area contributed by atoms with Gasteiger partial charge in [0.05, 0.1) is 17.1 Å². The molecule has 0 unspecified atom stereocenters. The molecular weight excluding hydrogens is 476 g/mol. The predicted molar refractivity (Wildman–Crippen MR) is 126 cm³/mol. The topological polar surface area (TPSA) is 153 Å². The van der Waals surface area contributed by atoms with E-state index in [4.69, 9.17) is 9.47 Å². The Kier molecular flexibility index (Phi) is 9.15. The molecule has 1 aliphatic rings. The largest absolute Gasteiger partial charge is 0.414 e. The Balaban J connectivity index is 1.56. The number of amides is 3. The number of sulfonamides is 1. The van der Waals surface area contributed by atoms with Gasteiger partial charge in [0.2, 0.25) is 5.88 Å². The smallest absolute Gasteiger partial charge is 0.391 e. The highest BCUT2D eigenvalue weighted by atomic mass is 32.2. The number of rotatable bonds is 9. The van der Waals surface area contributed by atoms with E-state index in [9.17, 15) is 22.8 Å². The van der Waals surface area contributed by atoms with Gasteiger partial charge in [-0.25, -0.2) is 22.9 Å². The summed E-state index contributed by atoms with van der Waals surface area (Å²) in [5, 5.41) is 5.41. The molecule has 35 heavy (non-hydrogen) atoms. The quantitative estimate of drug-likeness (QED) is 0.438. The number of hydrogen-bond acceptors (Lipinski definition) is 8. The van der Waals surface area contributed by atoms with Crippen LogP contribution in [0.4, 0.5) is 4.79 Å². The van der Waals surface area contributed by atoms with Crippen LogP contribution in [-0.4, -0.2) is 57.6 Å². The van der Waals surface area contributed by atoms with E-state index in [-0.39, 0.29) is 34.8 Å². The van der Waals surface area contributed by atoms with Crippen molar-refractivity contribution < 1.29 is 32.3 Å². The Hall–Kier alpha value is -3.51. The minimum absolute atomic E-state index is 0.0517. The van der Waals surface area contributed by atoms with Crippen molar-refractivity contribution in [3.8, 4) is 5.88 Å². The van der Waals surface area contributed by atoms with Crippen LogP contribution in [0.15, 0.2) is 47.5 Å². The second kappa shape index (κ2) is 12.3. The zero-order valence-electron chi connectivity index (χ0n) is 19.3.